The highest BCUT2D eigenvalue weighted by molar-refractivity contribution is 6.75. The van der Waals surface area contributed by atoms with Crippen LogP contribution in [-0.4, -0.2) is 210 Å². The quantitative estimate of drug-likeness (QED) is 0.0162. The summed E-state index contributed by atoms with van der Waals surface area (Å²) in [4.78, 5) is 117. The lowest BCUT2D eigenvalue weighted by molar-refractivity contribution is -0.363. The summed E-state index contributed by atoms with van der Waals surface area (Å²) < 4.78 is 80.2. The Morgan fingerprint density at radius 3 is 1.18 bits per heavy atom. The Morgan fingerprint density at radius 2 is 0.825 bits per heavy atom. The molecular formula is C98H156O24Si4. The Hall–Kier alpha value is -5.45. The van der Waals surface area contributed by atoms with Crippen molar-refractivity contribution in [2.75, 3.05) is 13.2 Å². The van der Waals surface area contributed by atoms with Gasteiger partial charge < -0.3 is 76.0 Å². The Morgan fingerprint density at radius 1 is 0.476 bits per heavy atom. The molecular weight excluding hydrogens is 1670 g/mol. The van der Waals surface area contributed by atoms with Gasteiger partial charge in [-0.1, -0.05) is 196 Å². The molecule has 2 aliphatic heterocycles. The second-order valence-corrected chi connectivity index (χ2v) is 59.6. The number of hydrogen-bond donors (Lipinski definition) is 4. The van der Waals surface area contributed by atoms with E-state index in [4.69, 9.17) is 55.6 Å². The first-order valence-corrected chi connectivity index (χ1v) is 57.6. The molecule has 28 heteroatoms. The van der Waals surface area contributed by atoms with Crippen LogP contribution in [0.2, 0.25) is 72.5 Å². The second-order valence-electron chi connectivity index (χ2n) is 40.7. The van der Waals surface area contributed by atoms with Crippen molar-refractivity contribution >= 4 is 80.7 Å². The number of ketones is 2. The molecule has 6 fully saturated rings. The zero-order valence-electron chi connectivity index (χ0n) is 81.3. The van der Waals surface area contributed by atoms with Crippen LogP contribution in [0.1, 0.15) is 253 Å². The topological polar surface area (TPSA) is 328 Å². The molecule has 6 aliphatic carbocycles. The molecule has 2 heterocycles. The SMILES string of the molecule is CC[Si](CC)(CC)OC(C(=O)O[C@H]1C[C@@]2(O)[C@@H](OC(=O)c3ccccc3)[C@@H]3[C@]4(OC(C)=O)CO[C@@H]4C[C@H](O[Si](CC)(CC)CC)[C@@]3(C)C(=O)C(=O)C(=C1C)C2(C)C)[C@@H](C)CC(C)C.CC[Si](CC)(CC)OC(C(=O)O[C@H]1C[C@@]2(O)[C@@H](OC(=O)c3ccccc3)[C@@H]3[C@]4(OC(C)=O)CO[C@@H]4C[C@H](O[Si](CC)(CC)CC)[C@@]3(C)[C@@H](O)[C@@H](O)C(=C1C)C2(C)C)[C@@H](C)CC(C)C. The van der Waals surface area contributed by atoms with Gasteiger partial charge in [0.15, 0.2) is 44.5 Å². The third-order valence-corrected chi connectivity index (χ3v) is 51.3. The molecule has 22 atom stereocenters. The number of Topliss-reactive ketones (excluding diaryl/α,β-unsaturated/α-hetero) is 2. The summed E-state index contributed by atoms with van der Waals surface area (Å²) in [6, 6.07) is 26.3. The van der Waals surface area contributed by atoms with Crippen molar-refractivity contribution in [3.8, 4) is 0 Å². The minimum Gasteiger partial charge on any atom is -0.456 e. The largest absolute Gasteiger partial charge is 0.456 e. The van der Waals surface area contributed by atoms with Gasteiger partial charge in [-0.25, -0.2) is 19.2 Å². The number of benzene rings is 2. The normalized spacial score (nSPS) is 32.6. The van der Waals surface area contributed by atoms with E-state index < -0.39 is 210 Å². The predicted octanol–water partition coefficient (Wildman–Crippen LogP) is 17.5. The van der Waals surface area contributed by atoms with E-state index in [1.165, 1.54) is 13.8 Å². The number of aliphatic hydroxyl groups excluding tert-OH is 2. The van der Waals surface area contributed by atoms with Gasteiger partial charge in [-0.05, 0) is 171 Å². The van der Waals surface area contributed by atoms with Gasteiger partial charge in [0.25, 0.3) is 0 Å². The molecule has 10 rings (SSSR count). The lowest BCUT2D eigenvalue weighted by Crippen LogP contribution is -2.82. The average molecular weight is 1830 g/mol. The number of hydrogen-bond acceptors (Lipinski definition) is 24. The van der Waals surface area contributed by atoms with Crippen molar-refractivity contribution in [1.82, 2.24) is 0 Å². The number of carbonyl (C=O) groups is 8. The smallest absolute Gasteiger partial charge is 0.338 e. The van der Waals surface area contributed by atoms with E-state index in [0.717, 1.165) is 72.5 Å². The maximum Gasteiger partial charge on any atom is 0.338 e. The summed E-state index contributed by atoms with van der Waals surface area (Å²) in [6.07, 6.45) is -12.6. The van der Waals surface area contributed by atoms with Crippen LogP contribution < -0.4 is 0 Å². The highest BCUT2D eigenvalue weighted by Gasteiger charge is 2.81. The minimum absolute atomic E-state index is 0.0103. The van der Waals surface area contributed by atoms with Gasteiger partial charge in [0.2, 0.25) is 11.6 Å². The molecule has 126 heavy (non-hydrogen) atoms. The fraction of sp³-hybridized carbons (Fsp3) is 0.755. The molecule has 0 amide bonds. The number of ether oxygens (including phenoxy) is 8. The third kappa shape index (κ3) is 18.6. The number of carbonyl (C=O) groups excluding carboxylic acids is 8. The summed E-state index contributed by atoms with van der Waals surface area (Å²) >= 11 is 0. The maximum atomic E-state index is 15.8. The third-order valence-electron chi connectivity index (χ3n) is 32.8. The van der Waals surface area contributed by atoms with Gasteiger partial charge in [-0.2, -0.15) is 0 Å². The van der Waals surface area contributed by atoms with Crippen molar-refractivity contribution in [1.29, 1.82) is 0 Å². The summed E-state index contributed by atoms with van der Waals surface area (Å²) in [5, 5.41) is 54.0. The molecule has 2 saturated heterocycles. The van der Waals surface area contributed by atoms with Crippen LogP contribution in [0, 0.1) is 57.2 Å². The lowest BCUT2D eigenvalue weighted by Gasteiger charge is -2.70. The van der Waals surface area contributed by atoms with Crippen LogP contribution in [0.3, 0.4) is 0 Å². The summed E-state index contributed by atoms with van der Waals surface area (Å²) in [5.74, 6) is -8.05. The number of aliphatic hydroxyl groups is 4. The van der Waals surface area contributed by atoms with E-state index >= 15 is 9.59 Å². The van der Waals surface area contributed by atoms with Crippen LogP contribution in [0.5, 0.6) is 0 Å². The maximum absolute atomic E-state index is 15.8. The first-order valence-electron chi connectivity index (χ1n) is 47.5. The molecule has 2 aromatic rings. The van der Waals surface area contributed by atoms with E-state index in [9.17, 15) is 49.2 Å². The predicted molar refractivity (Wildman–Crippen MR) is 492 cm³/mol. The first-order chi connectivity index (χ1) is 58.9. The summed E-state index contributed by atoms with van der Waals surface area (Å²) in [6.45, 7) is 53.6. The molecule has 8 aliphatic rings. The van der Waals surface area contributed by atoms with Crippen LogP contribution in [-0.2, 0) is 84.4 Å². The standard InChI is InChI=1S/C49H80O12Si2.C49H76O12Si2/c2*1-15-62(16-2,17-3)60-36-27-37-48(29-56-37,59-33(11)50)41-43(58-44(53)34-24-22-21-23-25-34)49(55)28-35(32(10)38(46(49,12)13)39(51)42(52)47(36,41)14)57-45(54)40(31(9)26-30(7)8)61-63(18-4,19-5)20-6/h21-25,30-31,35-37,39-43,51-52,55H,15-20,26-29H2,1-14H3;21-25,30-31,35-37,40-41,43,55H,15-20,26-29H2,1-14H3/t31-,35-,36-,37+,39-,40?,41-,42-,43-,47+,48-,49+;31-,35-,36-,37+,40?,41-,43-,47+,48-,49+/m00/s1. The Kier molecular flexibility index (Phi) is 33.2. The molecule has 2 unspecified atom stereocenters. The van der Waals surface area contributed by atoms with Crippen LogP contribution in [0.4, 0.5) is 0 Å². The van der Waals surface area contributed by atoms with Crippen molar-refractivity contribution in [3.05, 3.63) is 94.1 Å². The summed E-state index contributed by atoms with van der Waals surface area (Å²) in [7, 11) is -9.74. The van der Waals surface area contributed by atoms with Gasteiger partial charge in [0.05, 0.1) is 59.9 Å². The van der Waals surface area contributed by atoms with E-state index in [2.05, 4.69) is 111 Å². The monoisotopic (exact) mass is 1830 g/mol. The van der Waals surface area contributed by atoms with Gasteiger partial charge >= 0.3 is 35.8 Å². The highest BCUT2D eigenvalue weighted by Crippen LogP contribution is 2.68. The zero-order valence-corrected chi connectivity index (χ0v) is 85.3. The van der Waals surface area contributed by atoms with Crippen LogP contribution in [0.25, 0.3) is 0 Å². The van der Waals surface area contributed by atoms with Crippen LogP contribution in [0.15, 0.2) is 83.0 Å². The van der Waals surface area contributed by atoms with E-state index in [1.54, 1.807) is 109 Å². The van der Waals surface area contributed by atoms with Gasteiger partial charge in [0, 0.05) is 61.3 Å². The second kappa shape index (κ2) is 40.2. The van der Waals surface area contributed by atoms with Crippen molar-refractivity contribution in [2.24, 2.45) is 57.2 Å². The molecule has 4 bridgehead atoms. The molecule has 4 saturated carbocycles. The zero-order chi connectivity index (χ0) is 94.2. The molecule has 24 nitrogen and oxygen atoms in total. The van der Waals surface area contributed by atoms with Crippen LogP contribution >= 0.6 is 0 Å². The molecule has 0 spiro atoms. The van der Waals surface area contributed by atoms with E-state index in [1.807, 2.05) is 20.8 Å². The number of rotatable bonds is 36. The molecule has 0 radical (unpaired) electrons. The number of esters is 6. The van der Waals surface area contributed by atoms with Gasteiger partial charge in [0.1, 0.15) is 66.1 Å². The fourth-order valence-corrected chi connectivity index (χ4v) is 35.6. The van der Waals surface area contributed by atoms with E-state index in [-0.39, 0.29) is 84.8 Å². The molecule has 4 N–H and O–H groups in total. The molecule has 2 aromatic carbocycles. The van der Waals surface area contributed by atoms with E-state index in [0.29, 0.717) is 24.0 Å². The number of fused-ring (bicyclic) bond motifs is 10. The highest BCUT2D eigenvalue weighted by atomic mass is 28.4. The van der Waals surface area contributed by atoms with Gasteiger partial charge in [-0.3, -0.25) is 19.2 Å². The fourth-order valence-electron chi connectivity index (χ4n) is 23.9. The minimum atomic E-state index is -2.55. The Labute approximate surface area is 755 Å². The van der Waals surface area contributed by atoms with Gasteiger partial charge in [-0.15, -0.1) is 0 Å². The average Bonchev–Trinajstić information content (AvgIpc) is 0.670. The van der Waals surface area contributed by atoms with Crippen molar-refractivity contribution in [2.45, 2.75) is 401 Å². The van der Waals surface area contributed by atoms with Crippen molar-refractivity contribution < 1.29 is 114 Å². The first kappa shape index (κ1) is 104. The molecule has 0 aromatic heterocycles. The summed E-state index contributed by atoms with van der Waals surface area (Å²) in [5.41, 5.74) is -12.2. The molecule has 708 valence electrons. The lowest BCUT2D eigenvalue weighted by atomic mass is 9.44. The Balaban J connectivity index is 0.000000285. The Bertz CT molecular complexity index is 4210. The van der Waals surface area contributed by atoms with Crippen molar-refractivity contribution in [3.63, 3.8) is 0 Å².